The van der Waals surface area contributed by atoms with E-state index in [1.807, 2.05) is 0 Å². The van der Waals surface area contributed by atoms with Gasteiger partial charge in [-0.15, -0.1) is 0 Å². The maximum Gasteiger partial charge on any atom is 0.00574 e. The number of hydrogen-bond acceptors (Lipinski definition) is 0. The van der Waals surface area contributed by atoms with Crippen LogP contribution < -0.4 is 0 Å². The second kappa shape index (κ2) is 8.56. The fraction of sp³-hybridized carbons (Fsp3) is 0.636. The van der Waals surface area contributed by atoms with Crippen LogP contribution in [0.2, 0.25) is 0 Å². The van der Waals surface area contributed by atoms with Crippen LogP contribution in [0.3, 0.4) is 0 Å². The molecule has 1 saturated carbocycles. The molecular weight excluding hydrogens is 264 g/mol. The smallest absolute Gasteiger partial charge is 0.00574 e. The highest BCUT2D eigenvalue weighted by Crippen LogP contribution is 2.41. The minimum absolute atomic E-state index is 0.737. The van der Waals surface area contributed by atoms with Gasteiger partial charge in [0.2, 0.25) is 0 Å². The zero-order valence-corrected chi connectivity index (χ0v) is 14.2. The average Bonchev–Trinajstić information content (AvgIpc) is 2.88. The van der Waals surface area contributed by atoms with E-state index in [1.165, 1.54) is 89.0 Å². The van der Waals surface area contributed by atoms with Crippen molar-refractivity contribution in [2.75, 3.05) is 0 Å². The summed E-state index contributed by atoms with van der Waals surface area (Å²) in [6.45, 7) is 0. The van der Waals surface area contributed by atoms with E-state index in [2.05, 4.69) is 30.3 Å². The second-order valence-corrected chi connectivity index (χ2v) is 7.33. The quantitative estimate of drug-likeness (QED) is 0.473. The van der Waals surface area contributed by atoms with E-state index in [0.717, 1.165) is 5.92 Å². The molecule has 1 fully saturated rings. The molecule has 2 aliphatic rings. The highest BCUT2D eigenvalue weighted by molar-refractivity contribution is 5.66. The molecule has 0 heteroatoms. The number of allylic oxidation sites excluding steroid dienone is 1. The first-order valence-corrected chi connectivity index (χ1v) is 9.74. The number of benzene rings is 1. The molecule has 1 unspecified atom stereocenters. The second-order valence-electron chi connectivity index (χ2n) is 7.33. The molecule has 1 aromatic rings. The van der Waals surface area contributed by atoms with E-state index >= 15 is 0 Å². The Hall–Kier alpha value is -1.04. The lowest BCUT2D eigenvalue weighted by molar-refractivity contribution is 0.543. The molecule has 0 N–H and O–H groups in total. The van der Waals surface area contributed by atoms with E-state index in [9.17, 15) is 0 Å². The third-order valence-corrected chi connectivity index (χ3v) is 5.62. The van der Waals surface area contributed by atoms with Gasteiger partial charge in [0.05, 0.1) is 0 Å². The first-order chi connectivity index (χ1) is 10.9. The standard InChI is InChI=1S/C22H32/c1-2-4-6-8-10-14-19-18-20-15-12-13-17-22(20)21(19)16-11-9-7-5-3-1/h12-13,15,17-18,21H,1-11,14,16H2. The Morgan fingerprint density at radius 2 is 1.23 bits per heavy atom. The molecule has 3 rings (SSSR count). The summed E-state index contributed by atoms with van der Waals surface area (Å²) in [5, 5.41) is 0. The van der Waals surface area contributed by atoms with Gasteiger partial charge in [-0.2, -0.15) is 0 Å². The van der Waals surface area contributed by atoms with E-state index in [0.29, 0.717) is 0 Å². The lowest BCUT2D eigenvalue weighted by atomic mass is 9.88. The van der Waals surface area contributed by atoms with Gasteiger partial charge in [0, 0.05) is 5.92 Å². The molecule has 0 aliphatic heterocycles. The maximum absolute atomic E-state index is 2.51. The predicted octanol–water partition coefficient (Wildman–Crippen LogP) is 7.25. The summed E-state index contributed by atoms with van der Waals surface area (Å²) in [6, 6.07) is 9.11. The summed E-state index contributed by atoms with van der Waals surface area (Å²) in [6.07, 6.45) is 21.1. The minimum Gasteiger partial charge on any atom is -0.0621 e. The predicted molar refractivity (Wildman–Crippen MR) is 97.2 cm³/mol. The third kappa shape index (κ3) is 4.24. The number of hydrogen-bond donors (Lipinski definition) is 0. The fourth-order valence-corrected chi connectivity index (χ4v) is 4.32. The van der Waals surface area contributed by atoms with Crippen molar-refractivity contribution in [2.45, 2.75) is 89.4 Å². The molecule has 120 valence electrons. The molecule has 0 heterocycles. The minimum atomic E-state index is 0.737. The van der Waals surface area contributed by atoms with Gasteiger partial charge in [0.1, 0.15) is 0 Å². The van der Waals surface area contributed by atoms with Crippen molar-refractivity contribution in [3.63, 3.8) is 0 Å². The molecule has 0 nitrogen and oxygen atoms in total. The summed E-state index contributed by atoms with van der Waals surface area (Å²) in [5.41, 5.74) is 4.85. The van der Waals surface area contributed by atoms with Crippen molar-refractivity contribution in [3.05, 3.63) is 41.0 Å². The van der Waals surface area contributed by atoms with Gasteiger partial charge >= 0.3 is 0 Å². The van der Waals surface area contributed by atoms with Crippen LogP contribution in [-0.4, -0.2) is 0 Å². The van der Waals surface area contributed by atoms with E-state index in [4.69, 9.17) is 0 Å². The lowest BCUT2D eigenvalue weighted by Crippen LogP contribution is -2.00. The Labute approximate surface area is 137 Å². The van der Waals surface area contributed by atoms with Crippen LogP contribution in [-0.2, 0) is 0 Å². The van der Waals surface area contributed by atoms with E-state index in [1.54, 1.807) is 11.1 Å². The molecule has 1 aromatic carbocycles. The normalized spacial score (nSPS) is 24.5. The molecule has 1 atom stereocenters. The molecular formula is C22H32. The van der Waals surface area contributed by atoms with Crippen LogP contribution in [0.25, 0.3) is 6.08 Å². The zero-order valence-electron chi connectivity index (χ0n) is 14.2. The monoisotopic (exact) mass is 296 g/mol. The number of fused-ring (bicyclic) bond motifs is 3. The SMILES string of the molecule is C1=C2CCCCCCCCCCCCCC2c2ccccc21. The molecule has 22 heavy (non-hydrogen) atoms. The van der Waals surface area contributed by atoms with Gasteiger partial charge in [0.15, 0.2) is 0 Å². The van der Waals surface area contributed by atoms with Crippen LogP contribution in [0.1, 0.15) is 101 Å². The Kier molecular flexibility index (Phi) is 6.16. The van der Waals surface area contributed by atoms with Crippen molar-refractivity contribution in [2.24, 2.45) is 0 Å². The van der Waals surface area contributed by atoms with Crippen molar-refractivity contribution in [1.29, 1.82) is 0 Å². The summed E-state index contributed by atoms with van der Waals surface area (Å²) in [4.78, 5) is 0. The van der Waals surface area contributed by atoms with Gasteiger partial charge in [-0.3, -0.25) is 0 Å². The summed E-state index contributed by atoms with van der Waals surface area (Å²) in [7, 11) is 0. The molecule has 2 aliphatic carbocycles. The van der Waals surface area contributed by atoms with Crippen LogP contribution in [0, 0.1) is 0 Å². The van der Waals surface area contributed by atoms with Crippen molar-refractivity contribution in [1.82, 2.24) is 0 Å². The molecule has 0 radical (unpaired) electrons. The van der Waals surface area contributed by atoms with Gasteiger partial charge in [-0.05, 0) is 30.4 Å². The van der Waals surface area contributed by atoms with E-state index in [-0.39, 0.29) is 0 Å². The summed E-state index contributed by atoms with van der Waals surface area (Å²) in [5.74, 6) is 0.737. The molecule has 0 aromatic heterocycles. The Morgan fingerprint density at radius 3 is 1.95 bits per heavy atom. The van der Waals surface area contributed by atoms with Gasteiger partial charge in [-0.25, -0.2) is 0 Å². The van der Waals surface area contributed by atoms with Crippen molar-refractivity contribution >= 4 is 6.08 Å². The average molecular weight is 296 g/mol. The fourth-order valence-electron chi connectivity index (χ4n) is 4.32. The first-order valence-electron chi connectivity index (χ1n) is 9.74. The Morgan fingerprint density at radius 1 is 0.636 bits per heavy atom. The maximum atomic E-state index is 2.51. The highest BCUT2D eigenvalue weighted by Gasteiger charge is 2.23. The van der Waals surface area contributed by atoms with Crippen LogP contribution in [0.15, 0.2) is 29.8 Å². The first kappa shape index (κ1) is 15.8. The van der Waals surface area contributed by atoms with Gasteiger partial charge in [-0.1, -0.05) is 100 Å². The summed E-state index contributed by atoms with van der Waals surface area (Å²) >= 11 is 0. The Bertz CT molecular complexity index is 483. The van der Waals surface area contributed by atoms with Crippen LogP contribution in [0.5, 0.6) is 0 Å². The Balaban J connectivity index is 1.64. The van der Waals surface area contributed by atoms with E-state index < -0.39 is 0 Å². The molecule has 0 amide bonds. The molecule has 0 bridgehead atoms. The van der Waals surface area contributed by atoms with Crippen LogP contribution in [0.4, 0.5) is 0 Å². The summed E-state index contributed by atoms with van der Waals surface area (Å²) < 4.78 is 0. The van der Waals surface area contributed by atoms with Crippen molar-refractivity contribution < 1.29 is 0 Å². The lowest BCUT2D eigenvalue weighted by Gasteiger charge is -2.17. The van der Waals surface area contributed by atoms with Crippen molar-refractivity contribution in [3.8, 4) is 0 Å². The van der Waals surface area contributed by atoms with Crippen LogP contribution >= 0.6 is 0 Å². The zero-order chi connectivity index (χ0) is 15.0. The highest BCUT2D eigenvalue weighted by atomic mass is 14.3. The van der Waals surface area contributed by atoms with Gasteiger partial charge in [0.25, 0.3) is 0 Å². The third-order valence-electron chi connectivity index (χ3n) is 5.62. The largest absolute Gasteiger partial charge is 0.0621 e. The molecule has 0 spiro atoms. The van der Waals surface area contributed by atoms with Gasteiger partial charge < -0.3 is 0 Å². The number of rotatable bonds is 0. The molecule has 0 saturated heterocycles. The topological polar surface area (TPSA) is 0 Å².